The number of benzene rings is 1. The van der Waals surface area contributed by atoms with Gasteiger partial charge < -0.3 is 10.3 Å². The van der Waals surface area contributed by atoms with Crippen LogP contribution in [0, 0.1) is 13.8 Å². The first-order valence-corrected chi connectivity index (χ1v) is 6.26. The predicted octanol–water partition coefficient (Wildman–Crippen LogP) is 3.00. The molecule has 2 aromatic heterocycles. The van der Waals surface area contributed by atoms with Crippen LogP contribution in [0.15, 0.2) is 41.2 Å². The zero-order valence-electron chi connectivity index (χ0n) is 11.3. The Morgan fingerprint density at radius 2 is 1.85 bits per heavy atom. The molecule has 3 rings (SSSR count). The number of aromatic nitrogens is 3. The molecule has 5 nitrogen and oxygen atoms in total. The van der Waals surface area contributed by atoms with E-state index in [0.717, 1.165) is 16.7 Å². The Balaban J connectivity index is 2.19. The summed E-state index contributed by atoms with van der Waals surface area (Å²) in [5, 5.41) is 11.7. The Kier molecular flexibility index (Phi) is 2.95. The molecular weight excluding hydrogens is 252 g/mol. The Bertz CT molecular complexity index is 750. The summed E-state index contributed by atoms with van der Waals surface area (Å²) < 4.78 is 5.15. The van der Waals surface area contributed by atoms with E-state index >= 15 is 0 Å². The molecule has 0 unspecified atom stereocenters. The van der Waals surface area contributed by atoms with Crippen molar-refractivity contribution in [2.75, 3.05) is 5.73 Å². The molecule has 0 aliphatic rings. The summed E-state index contributed by atoms with van der Waals surface area (Å²) in [6.45, 7) is 4.14. The predicted molar refractivity (Wildman–Crippen MR) is 76.9 cm³/mol. The third-order valence-corrected chi connectivity index (χ3v) is 3.37. The van der Waals surface area contributed by atoms with Crippen molar-refractivity contribution in [1.29, 1.82) is 0 Å². The number of nitrogens with zero attached hydrogens (tertiary/aromatic N) is 3. The molecule has 0 radical (unpaired) electrons. The van der Waals surface area contributed by atoms with E-state index in [-0.39, 0.29) is 0 Å². The fourth-order valence-electron chi connectivity index (χ4n) is 2.11. The summed E-state index contributed by atoms with van der Waals surface area (Å²) in [7, 11) is 0. The third-order valence-electron chi connectivity index (χ3n) is 3.37. The number of hydrogen-bond acceptors (Lipinski definition) is 5. The van der Waals surface area contributed by atoms with E-state index in [0.29, 0.717) is 11.6 Å². The van der Waals surface area contributed by atoms with Crippen LogP contribution in [-0.4, -0.2) is 15.4 Å². The number of hydrogen-bond donors (Lipinski definition) is 1. The molecule has 0 atom stereocenters. The van der Waals surface area contributed by atoms with Gasteiger partial charge >= 0.3 is 0 Å². The molecule has 0 spiro atoms. The summed E-state index contributed by atoms with van der Waals surface area (Å²) in [5.74, 6) is 0.306. The van der Waals surface area contributed by atoms with E-state index in [1.54, 1.807) is 12.4 Å². The third kappa shape index (κ3) is 2.03. The lowest BCUT2D eigenvalue weighted by Gasteiger charge is -2.05. The molecule has 0 bridgehead atoms. The summed E-state index contributed by atoms with van der Waals surface area (Å²) >= 11 is 0. The molecular formula is C15H14N4O. The normalized spacial score (nSPS) is 10.7. The van der Waals surface area contributed by atoms with Gasteiger partial charge in [-0.1, -0.05) is 23.4 Å². The minimum Gasteiger partial charge on any atom is -0.367 e. The molecule has 2 heterocycles. The van der Waals surface area contributed by atoms with Crippen LogP contribution >= 0.6 is 0 Å². The van der Waals surface area contributed by atoms with Gasteiger partial charge in [0.2, 0.25) is 5.88 Å². The lowest BCUT2D eigenvalue weighted by atomic mass is 9.98. The van der Waals surface area contributed by atoms with Crippen molar-refractivity contribution < 1.29 is 4.52 Å². The van der Waals surface area contributed by atoms with Crippen LogP contribution < -0.4 is 5.73 Å². The van der Waals surface area contributed by atoms with Gasteiger partial charge in [-0.15, -0.1) is 0 Å². The van der Waals surface area contributed by atoms with Gasteiger partial charge in [-0.3, -0.25) is 0 Å². The summed E-state index contributed by atoms with van der Waals surface area (Å²) in [4.78, 5) is 0. The molecule has 0 saturated heterocycles. The highest BCUT2D eigenvalue weighted by Gasteiger charge is 2.17. The molecule has 3 aromatic rings. The minimum absolute atomic E-state index is 0.306. The van der Waals surface area contributed by atoms with Gasteiger partial charge in [-0.25, -0.2) is 0 Å². The second kappa shape index (κ2) is 4.77. The molecule has 0 aliphatic heterocycles. The van der Waals surface area contributed by atoms with Crippen molar-refractivity contribution in [2.45, 2.75) is 13.8 Å². The summed E-state index contributed by atoms with van der Waals surface area (Å²) in [5.41, 5.74) is 11.6. The minimum atomic E-state index is 0.306. The van der Waals surface area contributed by atoms with Gasteiger partial charge in [0.1, 0.15) is 5.69 Å². The van der Waals surface area contributed by atoms with Crippen LogP contribution in [0.3, 0.4) is 0 Å². The van der Waals surface area contributed by atoms with Crippen molar-refractivity contribution in [1.82, 2.24) is 15.4 Å². The molecule has 2 N–H and O–H groups in total. The van der Waals surface area contributed by atoms with Gasteiger partial charge in [0, 0.05) is 5.56 Å². The molecule has 20 heavy (non-hydrogen) atoms. The largest absolute Gasteiger partial charge is 0.367 e. The van der Waals surface area contributed by atoms with Crippen molar-refractivity contribution in [3.63, 3.8) is 0 Å². The number of nitrogens with two attached hydrogens (primary N) is 1. The van der Waals surface area contributed by atoms with E-state index in [9.17, 15) is 0 Å². The summed E-state index contributed by atoms with van der Waals surface area (Å²) in [6, 6.07) is 7.99. The maximum absolute atomic E-state index is 5.93. The molecule has 5 heteroatoms. The molecule has 0 fully saturated rings. The molecule has 0 aliphatic carbocycles. The lowest BCUT2D eigenvalue weighted by molar-refractivity contribution is 0.439. The highest BCUT2D eigenvalue weighted by Crippen LogP contribution is 2.36. The van der Waals surface area contributed by atoms with Gasteiger partial charge in [0.15, 0.2) is 0 Å². The molecule has 1 aromatic carbocycles. The van der Waals surface area contributed by atoms with Crippen LogP contribution in [0.1, 0.15) is 11.1 Å². The fourth-order valence-corrected chi connectivity index (χ4v) is 2.11. The standard InChI is InChI=1S/C15H14N4O/c1-9-3-4-11(7-10(9)2)13-14(19-20-15(13)16)12-5-6-17-18-8-12/h3-8H,16H2,1-2H3. The second-order valence-corrected chi connectivity index (χ2v) is 4.70. The zero-order valence-corrected chi connectivity index (χ0v) is 11.3. The topological polar surface area (TPSA) is 77.8 Å². The van der Waals surface area contributed by atoms with Crippen LogP contribution in [0.4, 0.5) is 5.88 Å². The van der Waals surface area contributed by atoms with E-state index in [1.165, 1.54) is 11.1 Å². The lowest BCUT2D eigenvalue weighted by Crippen LogP contribution is -1.90. The van der Waals surface area contributed by atoms with Gasteiger partial charge in [0.25, 0.3) is 0 Å². The summed E-state index contributed by atoms with van der Waals surface area (Å²) in [6.07, 6.45) is 3.26. The van der Waals surface area contributed by atoms with Crippen LogP contribution in [0.2, 0.25) is 0 Å². The SMILES string of the molecule is Cc1ccc(-c2c(-c3ccnnc3)noc2N)cc1C. The Hall–Kier alpha value is -2.69. The highest BCUT2D eigenvalue weighted by molar-refractivity contribution is 5.86. The van der Waals surface area contributed by atoms with Crippen molar-refractivity contribution >= 4 is 5.88 Å². The van der Waals surface area contributed by atoms with Crippen molar-refractivity contribution in [2.24, 2.45) is 0 Å². The van der Waals surface area contributed by atoms with Crippen LogP contribution in [0.5, 0.6) is 0 Å². The van der Waals surface area contributed by atoms with E-state index in [4.69, 9.17) is 10.3 Å². The van der Waals surface area contributed by atoms with Gasteiger partial charge in [-0.2, -0.15) is 10.2 Å². The first kappa shape index (κ1) is 12.3. The maximum atomic E-state index is 5.93. The van der Waals surface area contributed by atoms with Crippen molar-refractivity contribution in [3.8, 4) is 22.4 Å². The second-order valence-electron chi connectivity index (χ2n) is 4.70. The van der Waals surface area contributed by atoms with Crippen molar-refractivity contribution in [3.05, 3.63) is 47.8 Å². The fraction of sp³-hybridized carbons (Fsp3) is 0.133. The molecule has 0 amide bonds. The van der Waals surface area contributed by atoms with E-state index < -0.39 is 0 Å². The number of nitrogen functional groups attached to an aromatic ring is 1. The first-order chi connectivity index (χ1) is 9.66. The number of rotatable bonds is 2. The van der Waals surface area contributed by atoms with E-state index in [2.05, 4.69) is 41.3 Å². The van der Waals surface area contributed by atoms with Crippen LogP contribution in [0.25, 0.3) is 22.4 Å². The average molecular weight is 266 g/mol. The highest BCUT2D eigenvalue weighted by atomic mass is 16.5. The first-order valence-electron chi connectivity index (χ1n) is 6.26. The monoisotopic (exact) mass is 266 g/mol. The zero-order chi connectivity index (χ0) is 14.1. The van der Waals surface area contributed by atoms with E-state index in [1.807, 2.05) is 12.1 Å². The Morgan fingerprint density at radius 1 is 1.00 bits per heavy atom. The molecule has 100 valence electrons. The number of aryl methyl sites for hydroxylation is 2. The van der Waals surface area contributed by atoms with Crippen LogP contribution in [-0.2, 0) is 0 Å². The quantitative estimate of drug-likeness (QED) is 0.771. The Labute approximate surface area is 116 Å². The Morgan fingerprint density at radius 3 is 2.55 bits per heavy atom. The number of anilines is 1. The van der Waals surface area contributed by atoms with Gasteiger partial charge in [0.05, 0.1) is 18.0 Å². The van der Waals surface area contributed by atoms with Gasteiger partial charge in [-0.05, 0) is 36.6 Å². The maximum Gasteiger partial charge on any atom is 0.230 e. The molecule has 0 saturated carbocycles. The smallest absolute Gasteiger partial charge is 0.230 e. The average Bonchev–Trinajstić information content (AvgIpc) is 2.85.